The summed E-state index contributed by atoms with van der Waals surface area (Å²) >= 11 is 0. The van der Waals surface area contributed by atoms with Crippen LogP contribution in [0.1, 0.15) is 26.3 Å². The molecule has 0 aliphatic heterocycles. The Kier molecular flexibility index (Phi) is 5.50. The van der Waals surface area contributed by atoms with Crippen LogP contribution < -0.4 is 5.32 Å². The van der Waals surface area contributed by atoms with Crippen molar-refractivity contribution < 1.29 is 23.1 Å². The van der Waals surface area contributed by atoms with Gasteiger partial charge >= 0.3 is 5.97 Å². The van der Waals surface area contributed by atoms with E-state index < -0.39 is 21.3 Å². The molecule has 0 aliphatic rings. The lowest BCUT2D eigenvalue weighted by Crippen LogP contribution is -2.35. The number of carbonyl (C=O) groups is 2. The Hall–Kier alpha value is -2.68. The molecule has 1 amide bonds. The van der Waals surface area contributed by atoms with Crippen LogP contribution in [0.3, 0.4) is 0 Å². The first-order valence-corrected chi connectivity index (χ1v) is 9.61. The summed E-state index contributed by atoms with van der Waals surface area (Å²) in [5.74, 6) is -1.42. The molecular formula is C17H21N3O5S. The Labute approximate surface area is 151 Å². The highest BCUT2D eigenvalue weighted by molar-refractivity contribution is 7.91. The Morgan fingerprint density at radius 3 is 2.62 bits per heavy atom. The number of nitrogens with zero attached hydrogens (tertiary/aromatic N) is 2. The second kappa shape index (κ2) is 7.28. The standard InChI is InChI=1S/C17H21N3O5S/c1-4-26(24,25)14-7-5-6-12(8-14)9-15(21)19-13-10-18-20(11-13)17(2,3)16(22)23/h5-8,10-11H,4,9H2,1-3H3,(H,19,21)(H,22,23). The van der Waals surface area contributed by atoms with E-state index in [9.17, 15) is 23.1 Å². The van der Waals surface area contributed by atoms with Gasteiger partial charge in [0.25, 0.3) is 0 Å². The zero-order valence-corrected chi connectivity index (χ0v) is 15.6. The second-order valence-corrected chi connectivity index (χ2v) is 8.59. The maximum absolute atomic E-state index is 12.2. The zero-order valence-electron chi connectivity index (χ0n) is 14.8. The van der Waals surface area contributed by atoms with Crippen LogP contribution in [0, 0.1) is 0 Å². The average Bonchev–Trinajstić information content (AvgIpc) is 3.04. The molecule has 0 bridgehead atoms. The van der Waals surface area contributed by atoms with Crippen molar-refractivity contribution in [1.29, 1.82) is 0 Å². The van der Waals surface area contributed by atoms with Gasteiger partial charge in [-0.05, 0) is 31.5 Å². The molecule has 1 aromatic carbocycles. The number of nitrogens with one attached hydrogen (secondary N) is 1. The lowest BCUT2D eigenvalue weighted by molar-refractivity contribution is -0.146. The van der Waals surface area contributed by atoms with Crippen molar-refractivity contribution >= 4 is 27.4 Å². The summed E-state index contributed by atoms with van der Waals surface area (Å²) in [7, 11) is -3.34. The van der Waals surface area contributed by atoms with Crippen molar-refractivity contribution in [2.75, 3.05) is 11.1 Å². The molecule has 26 heavy (non-hydrogen) atoms. The summed E-state index contributed by atoms with van der Waals surface area (Å²) < 4.78 is 25.1. The van der Waals surface area contributed by atoms with Crippen molar-refractivity contribution in [2.24, 2.45) is 0 Å². The summed E-state index contributed by atoms with van der Waals surface area (Å²) in [6.07, 6.45) is 2.78. The third kappa shape index (κ3) is 4.29. The number of anilines is 1. The van der Waals surface area contributed by atoms with Crippen LogP contribution >= 0.6 is 0 Å². The fraction of sp³-hybridized carbons (Fsp3) is 0.353. The van der Waals surface area contributed by atoms with Crippen LogP contribution in [0.5, 0.6) is 0 Å². The van der Waals surface area contributed by atoms with Crippen LogP contribution in [-0.2, 0) is 31.4 Å². The number of rotatable bonds is 7. The van der Waals surface area contributed by atoms with Gasteiger partial charge in [-0.3, -0.25) is 9.48 Å². The molecule has 0 atom stereocenters. The molecule has 0 saturated carbocycles. The second-order valence-electron chi connectivity index (χ2n) is 6.31. The van der Waals surface area contributed by atoms with Crippen molar-refractivity contribution in [2.45, 2.75) is 37.6 Å². The molecule has 0 spiro atoms. The van der Waals surface area contributed by atoms with Gasteiger partial charge in [-0.2, -0.15) is 5.10 Å². The highest BCUT2D eigenvalue weighted by atomic mass is 32.2. The largest absolute Gasteiger partial charge is 0.479 e. The summed E-state index contributed by atoms with van der Waals surface area (Å²) in [6, 6.07) is 6.25. The molecule has 1 aromatic heterocycles. The maximum Gasteiger partial charge on any atom is 0.331 e. The van der Waals surface area contributed by atoms with Crippen LogP contribution in [0.25, 0.3) is 0 Å². The van der Waals surface area contributed by atoms with Crippen LogP contribution in [0.15, 0.2) is 41.6 Å². The fourth-order valence-corrected chi connectivity index (χ4v) is 3.15. The number of amides is 1. The van der Waals surface area contributed by atoms with E-state index in [1.165, 1.54) is 43.1 Å². The van der Waals surface area contributed by atoms with E-state index in [1.54, 1.807) is 19.1 Å². The van der Waals surface area contributed by atoms with Gasteiger partial charge in [-0.25, -0.2) is 13.2 Å². The first-order valence-electron chi connectivity index (χ1n) is 7.96. The van der Waals surface area contributed by atoms with Crippen LogP contribution in [-0.4, -0.2) is 40.9 Å². The molecule has 2 aromatic rings. The summed E-state index contributed by atoms with van der Waals surface area (Å²) in [5, 5.41) is 15.8. The minimum atomic E-state index is -3.34. The van der Waals surface area contributed by atoms with Gasteiger partial charge in [0, 0.05) is 6.20 Å². The summed E-state index contributed by atoms with van der Waals surface area (Å²) in [5.41, 5.74) is -0.317. The molecule has 0 saturated heterocycles. The molecule has 0 fully saturated rings. The molecule has 0 aliphatic carbocycles. The van der Waals surface area contributed by atoms with E-state index in [0.29, 0.717) is 11.3 Å². The first-order chi connectivity index (χ1) is 12.1. The molecule has 0 unspecified atom stereocenters. The molecular weight excluding hydrogens is 358 g/mol. The Balaban J connectivity index is 2.10. The van der Waals surface area contributed by atoms with Gasteiger partial charge in [-0.15, -0.1) is 0 Å². The molecule has 1 heterocycles. The summed E-state index contributed by atoms with van der Waals surface area (Å²) in [6.45, 7) is 4.55. The lowest BCUT2D eigenvalue weighted by Gasteiger charge is -2.19. The van der Waals surface area contributed by atoms with Gasteiger partial charge in [0.1, 0.15) is 0 Å². The molecule has 8 nitrogen and oxygen atoms in total. The molecule has 140 valence electrons. The van der Waals surface area contributed by atoms with Crippen molar-refractivity contribution in [3.8, 4) is 0 Å². The Morgan fingerprint density at radius 2 is 2.00 bits per heavy atom. The molecule has 9 heteroatoms. The minimum Gasteiger partial charge on any atom is -0.479 e. The van der Waals surface area contributed by atoms with E-state index in [2.05, 4.69) is 10.4 Å². The smallest absolute Gasteiger partial charge is 0.331 e. The van der Waals surface area contributed by atoms with Crippen molar-refractivity contribution in [3.05, 3.63) is 42.2 Å². The lowest BCUT2D eigenvalue weighted by atomic mass is 10.1. The molecule has 2 N–H and O–H groups in total. The Morgan fingerprint density at radius 1 is 1.31 bits per heavy atom. The van der Waals surface area contributed by atoms with Gasteiger partial charge in [0.2, 0.25) is 5.91 Å². The average molecular weight is 379 g/mol. The normalized spacial score (nSPS) is 12.0. The van der Waals surface area contributed by atoms with E-state index in [4.69, 9.17) is 0 Å². The molecule has 2 rings (SSSR count). The number of aliphatic carboxylic acids is 1. The minimum absolute atomic E-state index is 0.0127. The number of hydrogen-bond acceptors (Lipinski definition) is 5. The van der Waals surface area contributed by atoms with E-state index >= 15 is 0 Å². The SMILES string of the molecule is CCS(=O)(=O)c1cccc(CC(=O)Nc2cnn(C(C)(C)C(=O)O)c2)c1. The van der Waals surface area contributed by atoms with Crippen LogP contribution in [0.4, 0.5) is 5.69 Å². The number of hydrogen-bond donors (Lipinski definition) is 2. The highest BCUT2D eigenvalue weighted by Gasteiger charge is 2.30. The predicted octanol–water partition coefficient (Wildman–Crippen LogP) is 1.68. The van der Waals surface area contributed by atoms with Crippen molar-refractivity contribution in [1.82, 2.24) is 9.78 Å². The highest BCUT2D eigenvalue weighted by Crippen LogP contribution is 2.18. The van der Waals surface area contributed by atoms with E-state index in [0.717, 1.165) is 0 Å². The third-order valence-corrected chi connectivity index (χ3v) is 5.70. The number of carboxylic acid groups (broad SMARTS) is 1. The van der Waals surface area contributed by atoms with Gasteiger partial charge in [0.05, 0.1) is 29.0 Å². The zero-order chi connectivity index (χ0) is 19.5. The van der Waals surface area contributed by atoms with Gasteiger partial charge in [-0.1, -0.05) is 19.1 Å². The quantitative estimate of drug-likeness (QED) is 0.755. The van der Waals surface area contributed by atoms with Gasteiger partial charge in [0.15, 0.2) is 15.4 Å². The van der Waals surface area contributed by atoms with E-state index in [-0.39, 0.29) is 23.0 Å². The van der Waals surface area contributed by atoms with Gasteiger partial charge < -0.3 is 10.4 Å². The number of carbonyl (C=O) groups excluding carboxylic acids is 1. The fourth-order valence-electron chi connectivity index (χ4n) is 2.20. The monoisotopic (exact) mass is 379 g/mol. The summed E-state index contributed by atoms with van der Waals surface area (Å²) in [4.78, 5) is 23.6. The van der Waals surface area contributed by atoms with Crippen molar-refractivity contribution in [3.63, 3.8) is 0 Å². The first kappa shape index (κ1) is 19.6. The van der Waals surface area contributed by atoms with E-state index in [1.807, 2.05) is 0 Å². The number of carboxylic acids is 1. The third-order valence-electron chi connectivity index (χ3n) is 3.96. The Bertz CT molecular complexity index is 931. The number of benzene rings is 1. The predicted molar refractivity (Wildman–Crippen MR) is 95.7 cm³/mol. The number of aromatic nitrogens is 2. The van der Waals surface area contributed by atoms with Crippen LogP contribution in [0.2, 0.25) is 0 Å². The maximum atomic E-state index is 12.2. The topological polar surface area (TPSA) is 118 Å². The number of sulfone groups is 1. The molecule has 0 radical (unpaired) electrons.